The summed E-state index contributed by atoms with van der Waals surface area (Å²) < 4.78 is 12.3. The molecular weight excluding hydrogens is 139 g/mol. The number of aromatic amines is 1. The minimum Gasteiger partial charge on any atom is -0.354 e. The molecule has 0 aromatic carbocycles. The minimum atomic E-state index is -0.889. The molecule has 1 aromatic rings. The largest absolute Gasteiger partial charge is 0.354 e. The van der Waals surface area contributed by atoms with Gasteiger partial charge in [0, 0.05) is 7.05 Å². The predicted octanol–water partition coefficient (Wildman–Crippen LogP) is -0.697. The topological polar surface area (TPSA) is 70.7 Å². The van der Waals surface area contributed by atoms with Gasteiger partial charge in [-0.1, -0.05) is 0 Å². The summed E-state index contributed by atoms with van der Waals surface area (Å²) in [5.74, 6) is -1.48. The van der Waals surface area contributed by atoms with Crippen LogP contribution in [-0.2, 0) is 0 Å². The summed E-state index contributed by atoms with van der Waals surface area (Å²) in [7, 11) is 1.39. The Morgan fingerprint density at radius 2 is 2.40 bits per heavy atom. The van der Waals surface area contributed by atoms with Gasteiger partial charge in [-0.3, -0.25) is 4.79 Å². The van der Waals surface area contributed by atoms with Crippen LogP contribution in [0.1, 0.15) is 10.5 Å². The van der Waals surface area contributed by atoms with Gasteiger partial charge in [-0.05, 0) is 0 Å². The zero-order valence-corrected chi connectivity index (χ0v) is 5.18. The van der Waals surface area contributed by atoms with E-state index in [1.807, 2.05) is 5.21 Å². The van der Waals surface area contributed by atoms with Crippen LogP contribution in [0.3, 0.4) is 0 Å². The lowest BCUT2D eigenvalue weighted by Gasteiger charge is -1.89. The van der Waals surface area contributed by atoms with Crippen LogP contribution >= 0.6 is 0 Å². The Labute approximate surface area is 55.6 Å². The Balaban J connectivity index is 2.93. The lowest BCUT2D eigenvalue weighted by molar-refractivity contribution is 0.0954. The Kier molecular flexibility index (Phi) is 1.61. The van der Waals surface area contributed by atoms with Crippen LogP contribution in [0, 0.1) is 5.95 Å². The fraction of sp³-hybridized carbons (Fsp3) is 0.250. The molecule has 2 N–H and O–H groups in total. The van der Waals surface area contributed by atoms with Crippen LogP contribution in [0.15, 0.2) is 0 Å². The van der Waals surface area contributed by atoms with Crippen LogP contribution < -0.4 is 5.32 Å². The van der Waals surface area contributed by atoms with E-state index in [9.17, 15) is 9.18 Å². The molecule has 0 spiro atoms. The summed E-state index contributed by atoms with van der Waals surface area (Å²) in [5.41, 5.74) is -0.317. The maximum Gasteiger partial charge on any atom is 0.276 e. The van der Waals surface area contributed by atoms with Gasteiger partial charge in [0.05, 0.1) is 0 Å². The molecule has 0 aliphatic heterocycles. The van der Waals surface area contributed by atoms with E-state index in [0.29, 0.717) is 0 Å². The third kappa shape index (κ3) is 0.949. The van der Waals surface area contributed by atoms with Crippen molar-refractivity contribution in [2.45, 2.75) is 0 Å². The Morgan fingerprint density at radius 3 is 2.80 bits per heavy atom. The van der Waals surface area contributed by atoms with E-state index in [1.165, 1.54) is 7.05 Å². The lowest BCUT2D eigenvalue weighted by atomic mass is 10.4. The molecule has 6 heteroatoms. The molecule has 0 bridgehead atoms. The highest BCUT2D eigenvalue weighted by atomic mass is 19.1. The normalized spacial score (nSPS) is 9.40. The van der Waals surface area contributed by atoms with E-state index >= 15 is 0 Å². The average Bonchev–Trinajstić information content (AvgIpc) is 2.34. The molecule has 10 heavy (non-hydrogen) atoms. The molecule has 1 amide bonds. The van der Waals surface area contributed by atoms with Crippen LogP contribution in [-0.4, -0.2) is 28.4 Å². The second kappa shape index (κ2) is 2.42. The van der Waals surface area contributed by atoms with Gasteiger partial charge in [-0.2, -0.15) is 9.60 Å². The SMILES string of the molecule is CNC(=O)c1n[nH]nc1F. The fourth-order valence-corrected chi connectivity index (χ4v) is 0.481. The molecule has 0 aliphatic carbocycles. The van der Waals surface area contributed by atoms with E-state index in [-0.39, 0.29) is 5.69 Å². The molecular formula is C4H5FN4O. The third-order valence-electron chi connectivity index (χ3n) is 0.948. The number of nitrogens with zero attached hydrogens (tertiary/aromatic N) is 2. The summed E-state index contributed by atoms with van der Waals surface area (Å²) in [5, 5.41) is 10.5. The Bertz CT molecular complexity index is 245. The van der Waals surface area contributed by atoms with Crippen molar-refractivity contribution in [3.8, 4) is 0 Å². The van der Waals surface area contributed by atoms with Gasteiger partial charge in [0.1, 0.15) is 0 Å². The summed E-state index contributed by atoms with van der Waals surface area (Å²) in [6.07, 6.45) is 0. The number of carbonyl (C=O) groups excluding carboxylic acids is 1. The molecule has 0 atom stereocenters. The number of amides is 1. The van der Waals surface area contributed by atoms with Gasteiger partial charge >= 0.3 is 0 Å². The molecule has 5 nitrogen and oxygen atoms in total. The first-order valence-corrected chi connectivity index (χ1v) is 2.54. The summed E-state index contributed by atoms with van der Waals surface area (Å²) in [6, 6.07) is 0. The first kappa shape index (κ1) is 6.66. The summed E-state index contributed by atoms with van der Waals surface area (Å²) >= 11 is 0. The van der Waals surface area contributed by atoms with Crippen LogP contribution in [0.25, 0.3) is 0 Å². The smallest absolute Gasteiger partial charge is 0.276 e. The zero-order chi connectivity index (χ0) is 7.56. The van der Waals surface area contributed by atoms with Gasteiger partial charge in [0.15, 0.2) is 0 Å². The minimum absolute atomic E-state index is 0.317. The van der Waals surface area contributed by atoms with E-state index < -0.39 is 11.9 Å². The Morgan fingerprint density at radius 1 is 1.70 bits per heavy atom. The number of rotatable bonds is 1. The Hall–Kier alpha value is -1.46. The second-order valence-corrected chi connectivity index (χ2v) is 1.54. The highest BCUT2D eigenvalue weighted by molar-refractivity contribution is 5.91. The van der Waals surface area contributed by atoms with E-state index in [0.717, 1.165) is 0 Å². The maximum absolute atomic E-state index is 12.3. The monoisotopic (exact) mass is 144 g/mol. The van der Waals surface area contributed by atoms with Gasteiger partial charge in [0.2, 0.25) is 5.69 Å². The van der Waals surface area contributed by atoms with Crippen molar-refractivity contribution in [2.75, 3.05) is 7.05 Å². The summed E-state index contributed by atoms with van der Waals surface area (Å²) in [4.78, 5) is 10.6. The van der Waals surface area contributed by atoms with E-state index in [1.54, 1.807) is 0 Å². The van der Waals surface area contributed by atoms with Crippen LogP contribution in [0.5, 0.6) is 0 Å². The molecule has 54 valence electrons. The zero-order valence-electron chi connectivity index (χ0n) is 5.18. The van der Waals surface area contributed by atoms with Crippen molar-refractivity contribution in [1.82, 2.24) is 20.7 Å². The molecule has 0 radical (unpaired) electrons. The molecule has 0 saturated carbocycles. The van der Waals surface area contributed by atoms with Crippen LogP contribution in [0.2, 0.25) is 0 Å². The number of hydrogen-bond acceptors (Lipinski definition) is 3. The van der Waals surface area contributed by atoms with Crippen molar-refractivity contribution >= 4 is 5.91 Å². The van der Waals surface area contributed by atoms with Crippen molar-refractivity contribution in [3.05, 3.63) is 11.6 Å². The molecule has 0 saturated heterocycles. The van der Waals surface area contributed by atoms with Gasteiger partial charge in [0.25, 0.3) is 11.9 Å². The molecule has 0 unspecified atom stereocenters. The van der Waals surface area contributed by atoms with Gasteiger partial charge in [-0.15, -0.1) is 10.2 Å². The first-order valence-electron chi connectivity index (χ1n) is 2.54. The maximum atomic E-state index is 12.3. The lowest BCUT2D eigenvalue weighted by Crippen LogP contribution is -2.19. The van der Waals surface area contributed by atoms with Crippen molar-refractivity contribution < 1.29 is 9.18 Å². The molecule has 1 aromatic heterocycles. The number of aromatic nitrogens is 3. The van der Waals surface area contributed by atoms with Crippen molar-refractivity contribution in [3.63, 3.8) is 0 Å². The van der Waals surface area contributed by atoms with Gasteiger partial charge < -0.3 is 5.32 Å². The molecule has 0 aliphatic rings. The number of hydrogen-bond donors (Lipinski definition) is 2. The third-order valence-corrected chi connectivity index (χ3v) is 0.948. The summed E-state index contributed by atoms with van der Waals surface area (Å²) in [6.45, 7) is 0. The molecule has 1 rings (SSSR count). The fourth-order valence-electron chi connectivity index (χ4n) is 0.481. The van der Waals surface area contributed by atoms with Gasteiger partial charge in [-0.25, -0.2) is 0 Å². The highest BCUT2D eigenvalue weighted by Gasteiger charge is 2.13. The number of carbonyl (C=O) groups is 1. The number of H-pyrrole nitrogens is 1. The second-order valence-electron chi connectivity index (χ2n) is 1.54. The highest BCUT2D eigenvalue weighted by Crippen LogP contribution is 1.95. The van der Waals surface area contributed by atoms with Crippen molar-refractivity contribution in [1.29, 1.82) is 0 Å². The first-order chi connectivity index (χ1) is 4.75. The number of nitrogens with one attached hydrogen (secondary N) is 2. The quantitative estimate of drug-likeness (QED) is 0.547. The average molecular weight is 144 g/mol. The van der Waals surface area contributed by atoms with Crippen LogP contribution in [0.4, 0.5) is 4.39 Å². The molecule has 0 fully saturated rings. The van der Waals surface area contributed by atoms with E-state index in [2.05, 4.69) is 15.5 Å². The van der Waals surface area contributed by atoms with Crippen molar-refractivity contribution in [2.24, 2.45) is 0 Å². The number of halogens is 1. The van der Waals surface area contributed by atoms with E-state index in [4.69, 9.17) is 0 Å². The standard InChI is InChI=1S/C4H5FN4O/c1-6-4(10)2-3(5)8-9-7-2/h1H3,(H,6,10)(H,7,8,9). The molecule has 1 heterocycles. The predicted molar refractivity (Wildman–Crippen MR) is 29.7 cm³/mol.